The van der Waals surface area contributed by atoms with E-state index in [1.165, 1.54) is 17.8 Å². The molecule has 0 saturated heterocycles. The standard InChI is InChI=1S/C29H30Cl3FN2O2S/c1-3-19(2)34-29(37)27(14-20-8-5-4-6-9-20)35(16-21-12-13-22(30)15-25(21)32)28(36)18-38-17-23-24(31)10-7-11-26(23)33/h4-13,15,19,27H,3,14,16-18H2,1-2H3,(H,34,37)/t19-,27+/m0/s1. The average molecular weight is 596 g/mol. The predicted molar refractivity (Wildman–Crippen MR) is 156 cm³/mol. The molecular formula is C29H30Cl3FN2O2S. The van der Waals surface area contributed by atoms with Crippen LogP contribution in [0.25, 0.3) is 0 Å². The molecule has 9 heteroatoms. The molecule has 1 N–H and O–H groups in total. The van der Waals surface area contributed by atoms with Crippen molar-refractivity contribution in [3.63, 3.8) is 0 Å². The van der Waals surface area contributed by atoms with E-state index in [0.29, 0.717) is 32.6 Å². The molecule has 202 valence electrons. The van der Waals surface area contributed by atoms with Crippen LogP contribution in [0.2, 0.25) is 15.1 Å². The molecule has 0 aliphatic rings. The number of halogens is 4. The molecule has 0 unspecified atom stereocenters. The highest BCUT2D eigenvalue weighted by atomic mass is 35.5. The van der Waals surface area contributed by atoms with Gasteiger partial charge in [0.15, 0.2) is 0 Å². The third-order valence-corrected chi connectivity index (χ3v) is 8.05. The van der Waals surface area contributed by atoms with Crippen LogP contribution in [0.4, 0.5) is 4.39 Å². The van der Waals surface area contributed by atoms with Gasteiger partial charge in [-0.25, -0.2) is 4.39 Å². The van der Waals surface area contributed by atoms with Crippen molar-refractivity contribution in [2.45, 2.75) is 51.1 Å². The molecule has 0 bridgehead atoms. The van der Waals surface area contributed by atoms with Gasteiger partial charge < -0.3 is 10.2 Å². The molecule has 0 spiro atoms. The molecule has 3 aromatic rings. The predicted octanol–water partition coefficient (Wildman–Crippen LogP) is 7.57. The van der Waals surface area contributed by atoms with E-state index in [9.17, 15) is 14.0 Å². The van der Waals surface area contributed by atoms with Crippen LogP contribution in [-0.2, 0) is 28.3 Å². The van der Waals surface area contributed by atoms with Gasteiger partial charge in [0.25, 0.3) is 0 Å². The van der Waals surface area contributed by atoms with Gasteiger partial charge in [-0.2, -0.15) is 0 Å². The summed E-state index contributed by atoms with van der Waals surface area (Å²) in [5, 5.41) is 4.22. The third kappa shape index (κ3) is 8.63. The van der Waals surface area contributed by atoms with Gasteiger partial charge in [0.1, 0.15) is 11.9 Å². The fraction of sp³-hybridized carbons (Fsp3) is 0.310. The van der Waals surface area contributed by atoms with Gasteiger partial charge in [-0.3, -0.25) is 9.59 Å². The van der Waals surface area contributed by atoms with Crippen LogP contribution in [0.1, 0.15) is 37.0 Å². The zero-order chi connectivity index (χ0) is 27.7. The van der Waals surface area contributed by atoms with Gasteiger partial charge in [-0.05, 0) is 48.7 Å². The minimum atomic E-state index is -0.789. The second-order valence-corrected chi connectivity index (χ2v) is 11.2. The quantitative estimate of drug-likeness (QED) is 0.235. The molecule has 2 atom stereocenters. The molecule has 0 fully saturated rings. The summed E-state index contributed by atoms with van der Waals surface area (Å²) in [7, 11) is 0. The average Bonchev–Trinajstić information content (AvgIpc) is 2.89. The van der Waals surface area contributed by atoms with Gasteiger partial charge in [0.05, 0.1) is 5.75 Å². The smallest absolute Gasteiger partial charge is 0.243 e. The van der Waals surface area contributed by atoms with Crippen molar-refractivity contribution in [1.82, 2.24) is 10.2 Å². The number of hydrogen-bond donors (Lipinski definition) is 1. The second kappa shape index (κ2) is 14.8. The minimum Gasteiger partial charge on any atom is -0.352 e. The lowest BCUT2D eigenvalue weighted by Crippen LogP contribution is -2.52. The number of carbonyl (C=O) groups is 2. The summed E-state index contributed by atoms with van der Waals surface area (Å²) < 4.78 is 14.3. The summed E-state index contributed by atoms with van der Waals surface area (Å²) in [5.41, 5.74) is 1.93. The van der Waals surface area contributed by atoms with Gasteiger partial charge in [0.2, 0.25) is 11.8 Å². The Morgan fingerprint density at radius 3 is 2.39 bits per heavy atom. The fourth-order valence-electron chi connectivity index (χ4n) is 3.82. The topological polar surface area (TPSA) is 49.4 Å². The van der Waals surface area contributed by atoms with E-state index >= 15 is 0 Å². The molecule has 0 aromatic heterocycles. The number of amides is 2. The maximum Gasteiger partial charge on any atom is 0.243 e. The van der Waals surface area contributed by atoms with Crippen molar-refractivity contribution >= 4 is 58.4 Å². The van der Waals surface area contributed by atoms with E-state index in [1.807, 2.05) is 44.2 Å². The van der Waals surface area contributed by atoms with Crippen molar-refractivity contribution in [1.29, 1.82) is 0 Å². The minimum absolute atomic E-state index is 0.0256. The zero-order valence-corrected chi connectivity index (χ0v) is 24.3. The van der Waals surface area contributed by atoms with Crippen molar-refractivity contribution in [2.75, 3.05) is 5.75 Å². The van der Waals surface area contributed by atoms with Gasteiger partial charge in [0, 0.05) is 45.4 Å². The Morgan fingerprint density at radius 2 is 1.74 bits per heavy atom. The van der Waals surface area contributed by atoms with Crippen molar-refractivity contribution in [2.24, 2.45) is 0 Å². The molecule has 0 aliphatic carbocycles. The number of nitrogens with one attached hydrogen (secondary N) is 1. The molecule has 38 heavy (non-hydrogen) atoms. The normalized spacial score (nSPS) is 12.6. The molecule has 0 heterocycles. The molecule has 2 amide bonds. The summed E-state index contributed by atoms with van der Waals surface area (Å²) in [6.45, 7) is 4.02. The summed E-state index contributed by atoms with van der Waals surface area (Å²) in [6, 6.07) is 18.3. The highest BCUT2D eigenvalue weighted by Gasteiger charge is 2.31. The monoisotopic (exact) mass is 594 g/mol. The molecule has 0 saturated carbocycles. The first kappa shape index (κ1) is 30.3. The third-order valence-electron chi connectivity index (χ3n) is 6.16. The number of nitrogens with zero attached hydrogens (tertiary/aromatic N) is 1. The number of rotatable bonds is 12. The van der Waals surface area contributed by atoms with Crippen LogP contribution in [0.3, 0.4) is 0 Å². The first-order valence-corrected chi connectivity index (χ1v) is 14.6. The summed E-state index contributed by atoms with van der Waals surface area (Å²) in [6.07, 6.45) is 1.07. The first-order valence-electron chi connectivity index (χ1n) is 12.3. The molecule has 0 aliphatic heterocycles. The zero-order valence-electron chi connectivity index (χ0n) is 21.2. The van der Waals surface area contributed by atoms with Crippen molar-refractivity contribution in [3.8, 4) is 0 Å². The van der Waals surface area contributed by atoms with Crippen molar-refractivity contribution < 1.29 is 14.0 Å². The van der Waals surface area contributed by atoms with Crippen LogP contribution in [-0.4, -0.2) is 34.6 Å². The maximum atomic E-state index is 14.3. The highest BCUT2D eigenvalue weighted by Crippen LogP contribution is 2.27. The Hall–Kier alpha value is -2.25. The van der Waals surface area contributed by atoms with E-state index in [4.69, 9.17) is 34.8 Å². The highest BCUT2D eigenvalue weighted by molar-refractivity contribution is 7.99. The fourth-order valence-corrected chi connectivity index (χ4v) is 5.54. The lowest BCUT2D eigenvalue weighted by Gasteiger charge is -2.32. The maximum absolute atomic E-state index is 14.3. The lowest BCUT2D eigenvalue weighted by molar-refractivity contribution is -0.139. The van der Waals surface area contributed by atoms with Crippen LogP contribution in [0.5, 0.6) is 0 Å². The molecule has 4 nitrogen and oxygen atoms in total. The molecular weight excluding hydrogens is 566 g/mol. The second-order valence-electron chi connectivity index (χ2n) is 8.97. The van der Waals surface area contributed by atoms with E-state index in [-0.39, 0.29) is 35.9 Å². The van der Waals surface area contributed by atoms with E-state index in [1.54, 1.807) is 35.2 Å². The largest absolute Gasteiger partial charge is 0.352 e. The Kier molecular flexibility index (Phi) is 11.8. The molecule has 3 rings (SSSR count). The van der Waals surface area contributed by atoms with Gasteiger partial charge >= 0.3 is 0 Å². The summed E-state index contributed by atoms with van der Waals surface area (Å²) in [4.78, 5) is 28.8. The Labute approximate surface area is 242 Å². The summed E-state index contributed by atoms with van der Waals surface area (Å²) in [5.74, 6) is -0.692. The number of benzene rings is 3. The van der Waals surface area contributed by atoms with Crippen LogP contribution in [0, 0.1) is 5.82 Å². The molecule has 3 aromatic carbocycles. The van der Waals surface area contributed by atoms with Crippen LogP contribution >= 0.6 is 46.6 Å². The number of carbonyl (C=O) groups excluding carboxylic acids is 2. The van der Waals surface area contributed by atoms with E-state index in [0.717, 1.165) is 12.0 Å². The van der Waals surface area contributed by atoms with Gasteiger partial charge in [-0.1, -0.05) is 84.2 Å². The SMILES string of the molecule is CC[C@H](C)NC(=O)[C@@H](Cc1ccccc1)N(Cc1ccc(Cl)cc1Cl)C(=O)CSCc1c(F)cccc1Cl. The van der Waals surface area contributed by atoms with Crippen molar-refractivity contribution in [3.05, 3.63) is 104 Å². The Balaban J connectivity index is 1.91. The van der Waals surface area contributed by atoms with Gasteiger partial charge in [-0.15, -0.1) is 11.8 Å². The van der Waals surface area contributed by atoms with Crippen LogP contribution in [0.15, 0.2) is 66.7 Å². The number of hydrogen-bond acceptors (Lipinski definition) is 3. The van der Waals surface area contributed by atoms with E-state index in [2.05, 4.69) is 5.32 Å². The van der Waals surface area contributed by atoms with E-state index < -0.39 is 11.9 Å². The number of thioether (sulfide) groups is 1. The lowest BCUT2D eigenvalue weighted by atomic mass is 10.0. The Morgan fingerprint density at radius 1 is 1.00 bits per heavy atom. The summed E-state index contributed by atoms with van der Waals surface area (Å²) >= 11 is 20.0. The Bertz CT molecular complexity index is 1230. The van der Waals surface area contributed by atoms with Crippen LogP contribution < -0.4 is 5.32 Å². The first-order chi connectivity index (χ1) is 18.2. The molecule has 0 radical (unpaired) electrons.